The van der Waals surface area contributed by atoms with E-state index in [9.17, 15) is 0 Å². The fraction of sp³-hybridized carbons (Fsp3) is 0. The van der Waals surface area contributed by atoms with Crippen molar-refractivity contribution in [1.82, 2.24) is 0 Å². The lowest BCUT2D eigenvalue weighted by Crippen LogP contribution is -2.56. The van der Waals surface area contributed by atoms with Crippen molar-refractivity contribution >= 4 is 104 Å². The maximum Gasteiger partial charge on any atom is 0.114 e. The second-order valence-corrected chi connectivity index (χ2v) is 4.49. The number of hydrogen-bond acceptors (Lipinski definition) is 0. The molecule has 0 spiro atoms. The van der Waals surface area contributed by atoms with Gasteiger partial charge in [-0.25, -0.2) is 0 Å². The van der Waals surface area contributed by atoms with Crippen molar-refractivity contribution in [2.24, 2.45) is 0 Å². The molecule has 8 heteroatoms. The largest absolute Gasteiger partial charge is 0.132 e. The minimum absolute atomic E-state index is 0.152. The zero-order chi connectivity index (χ0) is 15.4. The SMILES string of the molecule is [B]/C=C/C([B])=C(\C=C\Br)c1c([B])c([B])c([B])c([B])c1[B]. The van der Waals surface area contributed by atoms with Gasteiger partial charge in [0.05, 0.1) is 0 Å². The second kappa shape index (κ2) is 7.40. The summed E-state index contributed by atoms with van der Waals surface area (Å²) in [6.45, 7) is 0. The molecule has 0 aliphatic heterocycles. The molecule has 0 heterocycles. The van der Waals surface area contributed by atoms with Crippen molar-refractivity contribution in [1.29, 1.82) is 0 Å². The quantitative estimate of drug-likeness (QED) is 0.416. The van der Waals surface area contributed by atoms with E-state index in [4.69, 9.17) is 54.9 Å². The van der Waals surface area contributed by atoms with Crippen LogP contribution in [-0.2, 0) is 0 Å². The van der Waals surface area contributed by atoms with Crippen molar-refractivity contribution < 1.29 is 0 Å². The Hall–Kier alpha value is -0.625. The summed E-state index contributed by atoms with van der Waals surface area (Å²) in [5, 5.41) is 0. The van der Waals surface area contributed by atoms with Gasteiger partial charge in [-0.1, -0.05) is 38.4 Å². The number of rotatable bonds is 3. The first-order valence-corrected chi connectivity index (χ1v) is 6.44. The Balaban J connectivity index is 3.80. The van der Waals surface area contributed by atoms with Crippen molar-refractivity contribution in [2.75, 3.05) is 0 Å². The van der Waals surface area contributed by atoms with E-state index in [1.54, 1.807) is 11.1 Å². The van der Waals surface area contributed by atoms with Crippen LogP contribution in [0.5, 0.6) is 0 Å². The van der Waals surface area contributed by atoms with E-state index < -0.39 is 0 Å². The summed E-state index contributed by atoms with van der Waals surface area (Å²) in [6.07, 6.45) is 3.16. The Morgan fingerprint density at radius 2 is 1.25 bits per heavy atom. The van der Waals surface area contributed by atoms with Gasteiger partial charge in [0.15, 0.2) is 0 Å². The van der Waals surface area contributed by atoms with Crippen LogP contribution in [0.2, 0.25) is 0 Å². The zero-order valence-corrected chi connectivity index (χ0v) is 12.3. The molecule has 1 aromatic carbocycles. The number of benzene rings is 1. The number of allylic oxidation sites excluding steroid dienone is 4. The molecule has 1 aromatic rings. The summed E-state index contributed by atoms with van der Waals surface area (Å²) < 4.78 is 0. The van der Waals surface area contributed by atoms with Crippen molar-refractivity contribution in [3.05, 3.63) is 34.1 Å². The third kappa shape index (κ3) is 3.34. The van der Waals surface area contributed by atoms with Crippen molar-refractivity contribution in [3.8, 4) is 0 Å². The second-order valence-electron chi connectivity index (χ2n) is 3.96. The van der Waals surface area contributed by atoms with Crippen molar-refractivity contribution in [3.63, 3.8) is 0 Å². The molecule has 0 aromatic heterocycles. The van der Waals surface area contributed by atoms with Gasteiger partial charge in [-0.3, -0.25) is 0 Å². The molecule has 0 nitrogen and oxygen atoms in total. The van der Waals surface area contributed by atoms with E-state index in [-0.39, 0.29) is 27.3 Å². The fourth-order valence-electron chi connectivity index (χ4n) is 1.72. The third-order valence-corrected chi connectivity index (χ3v) is 3.05. The summed E-state index contributed by atoms with van der Waals surface area (Å²) in [5.74, 6) is 1.30. The average molecular weight is 304 g/mol. The smallest absolute Gasteiger partial charge is 0.114 e. The van der Waals surface area contributed by atoms with Gasteiger partial charge in [-0.05, 0) is 22.2 Å². The van der Waals surface area contributed by atoms with Gasteiger partial charge in [0.2, 0.25) is 0 Å². The van der Waals surface area contributed by atoms with Gasteiger partial charge in [0.1, 0.15) is 54.9 Å². The van der Waals surface area contributed by atoms with Crippen LogP contribution >= 0.6 is 15.9 Å². The van der Waals surface area contributed by atoms with Crippen LogP contribution in [0.4, 0.5) is 0 Å². The first-order chi connectivity index (χ1) is 9.36. The maximum absolute atomic E-state index is 5.98. The molecule has 20 heavy (non-hydrogen) atoms. The molecule has 0 bridgehead atoms. The highest BCUT2D eigenvalue weighted by Gasteiger charge is 2.13. The van der Waals surface area contributed by atoms with E-state index in [0.717, 1.165) is 0 Å². The van der Waals surface area contributed by atoms with Gasteiger partial charge in [0.25, 0.3) is 0 Å². The predicted octanol–water partition coefficient (Wildman–Crippen LogP) is -2.87. The van der Waals surface area contributed by atoms with Crippen LogP contribution in [0.1, 0.15) is 5.56 Å². The van der Waals surface area contributed by atoms with E-state index in [0.29, 0.717) is 16.6 Å². The number of halogens is 1. The van der Waals surface area contributed by atoms with Gasteiger partial charge < -0.3 is 0 Å². The monoisotopic (exact) mass is 304 g/mol. The van der Waals surface area contributed by atoms with E-state index >= 15 is 0 Å². The molecule has 0 saturated heterocycles. The molecule has 0 saturated carbocycles. The van der Waals surface area contributed by atoms with Crippen LogP contribution in [0.15, 0.2) is 28.6 Å². The normalized spacial score (nSPS) is 13.1. The molecule has 0 unspecified atom stereocenters. The molecular formula is C12H4B7Br. The maximum atomic E-state index is 5.98. The molecule has 0 aliphatic rings. The lowest BCUT2D eigenvalue weighted by molar-refractivity contribution is 1.78. The van der Waals surface area contributed by atoms with Gasteiger partial charge >= 0.3 is 0 Å². The highest BCUT2D eigenvalue weighted by atomic mass is 79.9. The van der Waals surface area contributed by atoms with Crippen molar-refractivity contribution in [2.45, 2.75) is 0 Å². The van der Waals surface area contributed by atoms with Gasteiger partial charge in [-0.15, -0.1) is 22.4 Å². The Morgan fingerprint density at radius 1 is 0.800 bits per heavy atom. The Kier molecular flexibility index (Phi) is 6.45. The molecule has 0 aliphatic carbocycles. The Bertz CT molecular complexity index is 588. The molecule has 0 fully saturated rings. The van der Waals surface area contributed by atoms with Gasteiger partial charge in [-0.2, -0.15) is 0 Å². The summed E-state index contributed by atoms with van der Waals surface area (Å²) in [7, 11) is 40.7. The molecule has 14 radical (unpaired) electrons. The van der Waals surface area contributed by atoms with Crippen LogP contribution < -0.4 is 27.3 Å². The lowest BCUT2D eigenvalue weighted by Gasteiger charge is -2.23. The molecule has 1 rings (SSSR count). The summed E-state index contributed by atoms with van der Waals surface area (Å²) in [5.41, 5.74) is 2.20. The minimum Gasteiger partial charge on any atom is -0.132 e. The standard InChI is InChI=1S/C12H4B7Br/c13-3-1-6(14)5(2-4-20)7-8(15)10(17)12(19)11(18)9(7)16/h1-4H/b3-1+,4-2+,6-5-. The van der Waals surface area contributed by atoms with E-state index in [2.05, 4.69) is 15.9 Å². The minimum atomic E-state index is 0.152. The van der Waals surface area contributed by atoms with E-state index in [1.165, 1.54) is 12.1 Å². The lowest BCUT2D eigenvalue weighted by atomic mass is 9.59. The zero-order valence-electron chi connectivity index (χ0n) is 10.7. The summed E-state index contributed by atoms with van der Waals surface area (Å²) in [6, 6.07) is 0. The van der Waals surface area contributed by atoms with Crippen LogP contribution in [0, 0.1) is 0 Å². The summed E-state index contributed by atoms with van der Waals surface area (Å²) in [4.78, 5) is 1.60. The molecule has 0 atom stereocenters. The highest BCUT2D eigenvalue weighted by molar-refractivity contribution is 9.11. The van der Waals surface area contributed by atoms with E-state index in [1.807, 2.05) is 0 Å². The highest BCUT2D eigenvalue weighted by Crippen LogP contribution is 2.16. The number of hydrogen-bond donors (Lipinski definition) is 0. The molecular weight excluding hydrogens is 300 g/mol. The molecule has 80 valence electrons. The topological polar surface area (TPSA) is 0 Å². The first-order valence-electron chi connectivity index (χ1n) is 5.53. The Labute approximate surface area is 137 Å². The third-order valence-electron chi connectivity index (χ3n) is 2.79. The van der Waals surface area contributed by atoms with Crippen LogP contribution in [0.3, 0.4) is 0 Å². The molecule has 0 amide bonds. The summed E-state index contributed by atoms with van der Waals surface area (Å²) >= 11 is 3.17. The first kappa shape index (κ1) is 17.4. The van der Waals surface area contributed by atoms with Crippen LogP contribution in [-0.4, -0.2) is 54.9 Å². The average Bonchev–Trinajstić information content (AvgIpc) is 2.42. The predicted molar refractivity (Wildman–Crippen MR) is 99.0 cm³/mol. The fourth-order valence-corrected chi connectivity index (χ4v) is 1.98. The van der Waals surface area contributed by atoms with Crippen LogP contribution in [0.25, 0.3) is 5.57 Å². The van der Waals surface area contributed by atoms with Gasteiger partial charge in [0, 0.05) is 0 Å². The Morgan fingerprint density at radius 3 is 1.65 bits per heavy atom. The molecule has 0 N–H and O–H groups in total.